The molecule has 0 atom stereocenters. The van der Waals surface area contributed by atoms with Gasteiger partial charge in [0.25, 0.3) is 0 Å². The van der Waals surface area contributed by atoms with E-state index in [0.717, 1.165) is 24.8 Å². The Bertz CT molecular complexity index is 836. The molecule has 2 aromatic carbocycles. The Morgan fingerprint density at radius 1 is 1.04 bits per heavy atom. The maximum Gasteiger partial charge on any atom is 0.230 e. The van der Waals surface area contributed by atoms with Crippen LogP contribution < -0.4 is 10.6 Å². The van der Waals surface area contributed by atoms with Gasteiger partial charge in [-0.25, -0.2) is 4.39 Å². The number of hydrogen-bond acceptors (Lipinski definition) is 2. The zero-order valence-corrected chi connectivity index (χ0v) is 15.7. The van der Waals surface area contributed by atoms with Gasteiger partial charge in [0.05, 0.1) is 11.8 Å². The van der Waals surface area contributed by atoms with Crippen molar-refractivity contribution in [2.45, 2.75) is 31.1 Å². The fourth-order valence-corrected chi connectivity index (χ4v) is 3.60. The lowest BCUT2D eigenvalue weighted by Crippen LogP contribution is -2.50. The molecule has 2 aromatic rings. The lowest BCUT2D eigenvalue weighted by Gasteiger charge is -2.40. The van der Waals surface area contributed by atoms with Crippen LogP contribution in [0, 0.1) is 5.82 Å². The number of benzene rings is 2. The summed E-state index contributed by atoms with van der Waals surface area (Å²) in [5, 5.41) is 6.28. The van der Waals surface area contributed by atoms with Crippen LogP contribution in [0.4, 0.5) is 4.39 Å². The number of nitrogens with one attached hydrogen (secondary N) is 2. The maximum atomic E-state index is 13.1. The van der Waals surface area contributed by atoms with E-state index in [-0.39, 0.29) is 24.1 Å². The van der Waals surface area contributed by atoms with E-state index in [4.69, 9.17) is 11.6 Å². The van der Waals surface area contributed by atoms with Crippen LogP contribution >= 0.6 is 11.6 Å². The zero-order valence-electron chi connectivity index (χ0n) is 14.9. The first-order chi connectivity index (χ1) is 13.0. The smallest absolute Gasteiger partial charge is 0.230 e. The normalized spacial score (nSPS) is 14.9. The van der Waals surface area contributed by atoms with Crippen LogP contribution in [-0.4, -0.2) is 24.9 Å². The number of amides is 2. The molecule has 6 heteroatoms. The topological polar surface area (TPSA) is 58.2 Å². The van der Waals surface area contributed by atoms with E-state index in [9.17, 15) is 14.0 Å². The largest absolute Gasteiger partial charge is 0.354 e. The summed E-state index contributed by atoms with van der Waals surface area (Å²) in [6.07, 6.45) is 2.71. The number of halogens is 2. The molecule has 0 unspecified atom stereocenters. The van der Waals surface area contributed by atoms with Gasteiger partial charge in [0, 0.05) is 18.1 Å². The molecule has 0 bridgehead atoms. The van der Waals surface area contributed by atoms with Gasteiger partial charge in [0.2, 0.25) is 11.8 Å². The van der Waals surface area contributed by atoms with Crippen molar-refractivity contribution in [2.24, 2.45) is 0 Å². The first-order valence-electron chi connectivity index (χ1n) is 9.05. The highest BCUT2D eigenvalue weighted by Crippen LogP contribution is 2.44. The third-order valence-corrected chi connectivity index (χ3v) is 5.24. The minimum absolute atomic E-state index is 0.0320. The summed E-state index contributed by atoms with van der Waals surface area (Å²) >= 11 is 6.07. The molecule has 2 amide bonds. The van der Waals surface area contributed by atoms with Crippen molar-refractivity contribution in [3.63, 3.8) is 0 Å². The predicted octanol–water partition coefficient (Wildman–Crippen LogP) is 3.38. The molecule has 0 radical (unpaired) electrons. The molecule has 1 aliphatic carbocycles. The minimum atomic E-state index is -0.517. The molecule has 1 saturated carbocycles. The van der Waals surface area contributed by atoms with E-state index in [2.05, 4.69) is 10.6 Å². The highest BCUT2D eigenvalue weighted by Gasteiger charge is 2.45. The van der Waals surface area contributed by atoms with Crippen molar-refractivity contribution in [1.29, 1.82) is 0 Å². The Morgan fingerprint density at radius 2 is 1.78 bits per heavy atom. The molecule has 0 spiro atoms. The summed E-state index contributed by atoms with van der Waals surface area (Å²) in [6.45, 7) is 0.668. The van der Waals surface area contributed by atoms with E-state index >= 15 is 0 Å². The molecular formula is C21H22ClFN2O2. The SMILES string of the molecule is O=C(Cc1cccc(F)c1)NCCNC(=O)C1(c2cccc(Cl)c2)CCC1. The van der Waals surface area contributed by atoms with Crippen molar-refractivity contribution in [3.8, 4) is 0 Å². The van der Waals surface area contributed by atoms with Gasteiger partial charge in [0.1, 0.15) is 5.82 Å². The Balaban J connectivity index is 1.47. The molecule has 0 aromatic heterocycles. The molecule has 4 nitrogen and oxygen atoms in total. The van der Waals surface area contributed by atoms with Gasteiger partial charge in [-0.15, -0.1) is 0 Å². The predicted molar refractivity (Wildman–Crippen MR) is 103 cm³/mol. The summed E-state index contributed by atoms with van der Waals surface area (Å²) in [5.41, 5.74) is 1.04. The Hall–Kier alpha value is -2.40. The van der Waals surface area contributed by atoms with Crippen LogP contribution in [0.15, 0.2) is 48.5 Å². The molecule has 0 heterocycles. The van der Waals surface area contributed by atoms with Gasteiger partial charge < -0.3 is 10.6 Å². The molecule has 0 saturated heterocycles. The van der Waals surface area contributed by atoms with Crippen LogP contribution in [-0.2, 0) is 21.4 Å². The van der Waals surface area contributed by atoms with Gasteiger partial charge in [0.15, 0.2) is 0 Å². The minimum Gasteiger partial charge on any atom is -0.354 e. The number of hydrogen-bond donors (Lipinski definition) is 2. The quantitative estimate of drug-likeness (QED) is 0.714. The highest BCUT2D eigenvalue weighted by molar-refractivity contribution is 6.30. The molecule has 1 fully saturated rings. The second-order valence-corrected chi connectivity index (χ2v) is 7.29. The van der Waals surface area contributed by atoms with Crippen LogP contribution in [0.1, 0.15) is 30.4 Å². The monoisotopic (exact) mass is 388 g/mol. The summed E-state index contributed by atoms with van der Waals surface area (Å²) in [5.74, 6) is -0.599. The van der Waals surface area contributed by atoms with E-state index in [1.165, 1.54) is 12.1 Å². The first kappa shape index (κ1) is 19.4. The molecule has 1 aliphatic rings. The van der Waals surface area contributed by atoms with Crippen molar-refractivity contribution >= 4 is 23.4 Å². The second-order valence-electron chi connectivity index (χ2n) is 6.86. The summed E-state index contributed by atoms with van der Waals surface area (Å²) < 4.78 is 13.1. The standard InChI is InChI=1S/C21H22ClFN2O2/c22-17-6-2-5-16(14-17)21(8-3-9-21)20(27)25-11-10-24-19(26)13-15-4-1-7-18(23)12-15/h1-2,4-7,12,14H,3,8-11,13H2,(H,24,26)(H,25,27). The van der Waals surface area contributed by atoms with Crippen molar-refractivity contribution in [3.05, 3.63) is 70.5 Å². The summed E-state index contributed by atoms with van der Waals surface area (Å²) in [4.78, 5) is 24.7. The molecule has 27 heavy (non-hydrogen) atoms. The number of carbonyl (C=O) groups excluding carboxylic acids is 2. The highest BCUT2D eigenvalue weighted by atomic mass is 35.5. The summed E-state index contributed by atoms with van der Waals surface area (Å²) in [7, 11) is 0. The van der Waals surface area contributed by atoms with Gasteiger partial charge in [-0.3, -0.25) is 9.59 Å². The number of rotatable bonds is 7. The van der Waals surface area contributed by atoms with Crippen molar-refractivity contribution < 1.29 is 14.0 Å². The molecular weight excluding hydrogens is 367 g/mol. The fraction of sp³-hybridized carbons (Fsp3) is 0.333. The Morgan fingerprint density at radius 3 is 2.44 bits per heavy atom. The molecule has 2 N–H and O–H groups in total. The Kier molecular flexibility index (Phi) is 6.11. The Labute approximate surface area is 163 Å². The lowest BCUT2D eigenvalue weighted by molar-refractivity contribution is -0.130. The van der Waals surface area contributed by atoms with Crippen LogP contribution in [0.25, 0.3) is 0 Å². The van der Waals surface area contributed by atoms with Crippen molar-refractivity contribution in [1.82, 2.24) is 10.6 Å². The van der Waals surface area contributed by atoms with Gasteiger partial charge in [-0.1, -0.05) is 42.3 Å². The fourth-order valence-electron chi connectivity index (χ4n) is 3.41. The van der Waals surface area contributed by atoms with E-state index in [0.29, 0.717) is 23.7 Å². The second kappa shape index (κ2) is 8.53. The van der Waals surface area contributed by atoms with Gasteiger partial charge in [-0.05, 0) is 48.2 Å². The van der Waals surface area contributed by atoms with E-state index in [1.54, 1.807) is 18.2 Å². The summed E-state index contributed by atoms with van der Waals surface area (Å²) in [6, 6.07) is 13.4. The average molecular weight is 389 g/mol. The van der Waals surface area contributed by atoms with Crippen LogP contribution in [0.5, 0.6) is 0 Å². The van der Waals surface area contributed by atoms with Gasteiger partial charge >= 0.3 is 0 Å². The number of carbonyl (C=O) groups is 2. The van der Waals surface area contributed by atoms with Crippen molar-refractivity contribution in [2.75, 3.05) is 13.1 Å². The third-order valence-electron chi connectivity index (χ3n) is 5.01. The van der Waals surface area contributed by atoms with Gasteiger partial charge in [-0.2, -0.15) is 0 Å². The lowest BCUT2D eigenvalue weighted by atomic mass is 9.64. The maximum absolute atomic E-state index is 13.1. The first-order valence-corrected chi connectivity index (χ1v) is 9.43. The third kappa shape index (κ3) is 4.66. The van der Waals surface area contributed by atoms with Crippen LogP contribution in [0.2, 0.25) is 5.02 Å². The average Bonchev–Trinajstić information content (AvgIpc) is 2.58. The van der Waals surface area contributed by atoms with Crippen LogP contribution in [0.3, 0.4) is 0 Å². The zero-order chi connectivity index (χ0) is 19.3. The molecule has 0 aliphatic heterocycles. The molecule has 142 valence electrons. The molecule has 3 rings (SSSR count). The van der Waals surface area contributed by atoms with E-state index < -0.39 is 5.41 Å². The van der Waals surface area contributed by atoms with E-state index in [1.807, 2.05) is 18.2 Å².